The summed E-state index contributed by atoms with van der Waals surface area (Å²) < 4.78 is 6.25. The molecule has 15 nitrogen and oxygen atoms in total. The molecule has 5 heterocycles. The van der Waals surface area contributed by atoms with Crippen molar-refractivity contribution in [1.29, 1.82) is 0 Å². The number of carbonyl (C=O) groups excluding carboxylic acids is 3. The number of hydrogen-bond donors (Lipinski definition) is 5. The number of likely N-dealkylation sites (tertiary alicyclic amines) is 2. The van der Waals surface area contributed by atoms with Gasteiger partial charge in [0, 0.05) is 47.7 Å². The number of halogens is 2. The number of aromatic amines is 2. The zero-order chi connectivity index (χ0) is 49.6. The number of carbonyl (C=O) groups is 4. The molecule has 0 bridgehead atoms. The fourth-order valence-electron chi connectivity index (χ4n) is 10.1. The van der Waals surface area contributed by atoms with E-state index in [1.807, 2.05) is 57.1 Å². The van der Waals surface area contributed by atoms with Gasteiger partial charge in [0.25, 0.3) is 0 Å². The molecule has 3 aromatic carbocycles. The molecule has 3 aromatic heterocycles. The Balaban J connectivity index is 0.977. The zero-order valence-electron chi connectivity index (χ0n) is 40.1. The van der Waals surface area contributed by atoms with Crippen LogP contribution in [-0.2, 0) is 19.7 Å². The van der Waals surface area contributed by atoms with Gasteiger partial charge in [0.15, 0.2) is 0 Å². The van der Waals surface area contributed by atoms with Crippen LogP contribution >= 0.6 is 23.2 Å². The van der Waals surface area contributed by atoms with E-state index in [1.54, 1.807) is 4.90 Å². The lowest BCUT2D eigenvalue weighted by Crippen LogP contribution is -2.51. The van der Waals surface area contributed by atoms with Crippen molar-refractivity contribution in [3.05, 3.63) is 115 Å². The Morgan fingerprint density at radius 2 is 1.11 bits per heavy atom. The van der Waals surface area contributed by atoms with Crippen molar-refractivity contribution in [3.63, 3.8) is 0 Å². The third-order valence-electron chi connectivity index (χ3n) is 14.4. The Kier molecular flexibility index (Phi) is 13.4. The van der Waals surface area contributed by atoms with Crippen LogP contribution in [-0.4, -0.2) is 100 Å². The summed E-state index contributed by atoms with van der Waals surface area (Å²) in [5.41, 5.74) is 8.97. The Bertz CT molecular complexity index is 2890. The van der Waals surface area contributed by atoms with E-state index >= 15 is 0 Å². The van der Waals surface area contributed by atoms with Crippen LogP contribution in [0.15, 0.2) is 97.3 Å². The molecule has 0 radical (unpaired) electrons. The predicted molar refractivity (Wildman–Crippen MR) is 270 cm³/mol. The van der Waals surface area contributed by atoms with Gasteiger partial charge in [-0.1, -0.05) is 95.3 Å². The number of benzene rings is 3. The second-order valence-corrected chi connectivity index (χ2v) is 21.1. The lowest BCUT2D eigenvalue weighted by atomic mass is 9.98. The summed E-state index contributed by atoms with van der Waals surface area (Å²) in [5.74, 6) is 0.625. The SMILES string of the molecule is COC(=O)N[C@H](C(=O)N1CCC[C@H]1c1nc(-c2ccc(-c3ccc(-c4ccc(-c5c[nH]c([C@@H]6CCCN6C(=O)[C@@H](NC(=O)O)C(C)C)n5)cc4)n3-c3ccc(C4(C)CC4(Cl)Cl)cc3)cc2)c[nH]1)C(C)C. The lowest BCUT2D eigenvalue weighted by molar-refractivity contribution is -0.136. The molecule has 2 saturated heterocycles. The zero-order valence-corrected chi connectivity index (χ0v) is 41.6. The van der Waals surface area contributed by atoms with Gasteiger partial charge >= 0.3 is 12.2 Å². The molecule has 0 spiro atoms. The number of alkyl carbamates (subject to hydrolysis) is 1. The molecule has 1 unspecified atom stereocenters. The standard InChI is InChI=1S/C53H59Cl2N9O6/c1-30(2)44(60-50(67)68)48(65)62-25-7-9-42(62)46-56-27-38(58-46)32-11-15-34(16-12-32)40-23-24-41(64(40)37-21-19-36(20-22-37)52(5)29-53(52,54)55)35-17-13-33(14-18-35)39-28-57-47(59-39)43-10-8-26-63(43)49(66)45(31(3)4)61-51(69)70-6/h11-24,27-28,30-31,42-45,60H,7-10,25-26,29H2,1-6H3,(H,56,58)(H,57,59)(H,61,69)(H,67,68)/t42-,43-,44-,45-,52?/m0/s1. The molecule has 5 N–H and O–H groups in total. The number of hydrogen-bond acceptors (Lipinski definition) is 7. The molecule has 70 heavy (non-hydrogen) atoms. The number of nitrogens with one attached hydrogen (secondary N) is 4. The third kappa shape index (κ3) is 9.28. The molecule has 3 fully saturated rings. The highest BCUT2D eigenvalue weighted by atomic mass is 35.5. The average Bonchev–Trinajstić information content (AvgIpc) is 4.15. The van der Waals surface area contributed by atoms with E-state index in [4.69, 9.17) is 37.9 Å². The molecule has 6 aromatic rings. The lowest BCUT2D eigenvalue weighted by Gasteiger charge is -2.29. The van der Waals surface area contributed by atoms with E-state index in [-0.39, 0.29) is 41.1 Å². The van der Waals surface area contributed by atoms with E-state index in [2.05, 4.69) is 105 Å². The van der Waals surface area contributed by atoms with Crippen molar-refractivity contribution < 1.29 is 29.0 Å². The number of amides is 4. The van der Waals surface area contributed by atoms with Gasteiger partial charge in [-0.05, 0) is 84.9 Å². The summed E-state index contributed by atoms with van der Waals surface area (Å²) in [5, 5.41) is 14.5. The van der Waals surface area contributed by atoms with Crippen molar-refractivity contribution >= 4 is 47.2 Å². The first-order valence-electron chi connectivity index (χ1n) is 24.0. The van der Waals surface area contributed by atoms with Gasteiger partial charge in [0.05, 0.1) is 42.0 Å². The molecular weight excluding hydrogens is 930 g/mol. The van der Waals surface area contributed by atoms with Crippen LogP contribution in [0.4, 0.5) is 9.59 Å². The monoisotopic (exact) mass is 987 g/mol. The Hall–Kier alpha value is -6.58. The number of nitrogens with zero attached hydrogens (tertiary/aromatic N) is 5. The maximum absolute atomic E-state index is 13.8. The smallest absolute Gasteiger partial charge is 0.407 e. The van der Waals surface area contributed by atoms with Gasteiger partial charge in [0.2, 0.25) is 11.8 Å². The molecule has 17 heteroatoms. The normalized spacial score (nSPS) is 20.4. The maximum atomic E-state index is 13.8. The van der Waals surface area contributed by atoms with Gasteiger partial charge in [-0.25, -0.2) is 19.6 Å². The summed E-state index contributed by atoms with van der Waals surface area (Å²) in [6.07, 6.45) is 5.64. The van der Waals surface area contributed by atoms with E-state index in [0.29, 0.717) is 31.2 Å². The molecule has 1 saturated carbocycles. The van der Waals surface area contributed by atoms with Crippen LogP contribution < -0.4 is 10.6 Å². The summed E-state index contributed by atoms with van der Waals surface area (Å²) in [4.78, 5) is 71.1. The van der Waals surface area contributed by atoms with E-state index in [1.165, 1.54) is 7.11 Å². The van der Waals surface area contributed by atoms with Gasteiger partial charge in [-0.3, -0.25) is 9.59 Å². The number of H-pyrrole nitrogens is 2. The van der Waals surface area contributed by atoms with Crippen LogP contribution in [0.5, 0.6) is 0 Å². The summed E-state index contributed by atoms with van der Waals surface area (Å²) >= 11 is 13.2. The fourth-order valence-corrected chi connectivity index (χ4v) is 10.9. The highest BCUT2D eigenvalue weighted by Crippen LogP contribution is 2.64. The highest BCUT2D eigenvalue weighted by Gasteiger charge is 2.63. The minimum atomic E-state index is -1.22. The summed E-state index contributed by atoms with van der Waals surface area (Å²) in [7, 11) is 1.29. The van der Waals surface area contributed by atoms with E-state index < -0.39 is 28.6 Å². The second kappa shape index (κ2) is 19.3. The minimum absolute atomic E-state index is 0.131. The summed E-state index contributed by atoms with van der Waals surface area (Å²) in [6.45, 7) is 10.6. The molecule has 1 aliphatic carbocycles. The topological polar surface area (TPSA) is 191 Å². The summed E-state index contributed by atoms with van der Waals surface area (Å²) in [6, 6.07) is 27.1. The number of ether oxygens (including phenoxy) is 1. The largest absolute Gasteiger partial charge is 0.465 e. The van der Waals surface area contributed by atoms with Crippen molar-refractivity contribution in [2.75, 3.05) is 20.2 Å². The van der Waals surface area contributed by atoms with Crippen molar-refractivity contribution in [2.24, 2.45) is 11.8 Å². The molecule has 3 aliphatic rings. The van der Waals surface area contributed by atoms with Crippen molar-refractivity contribution in [2.45, 2.75) is 101 Å². The molecule has 366 valence electrons. The van der Waals surface area contributed by atoms with Crippen molar-refractivity contribution in [3.8, 4) is 50.7 Å². The highest BCUT2D eigenvalue weighted by molar-refractivity contribution is 6.52. The number of rotatable bonds is 14. The van der Waals surface area contributed by atoms with Gasteiger partial charge in [-0.2, -0.15) is 0 Å². The number of carboxylic acid groups (broad SMARTS) is 1. The second-order valence-electron chi connectivity index (χ2n) is 19.6. The molecule has 5 atom stereocenters. The van der Waals surface area contributed by atoms with Crippen LogP contribution in [0, 0.1) is 11.8 Å². The van der Waals surface area contributed by atoms with Gasteiger partial charge < -0.3 is 44.8 Å². The van der Waals surface area contributed by atoms with Crippen LogP contribution in [0.25, 0.3) is 50.7 Å². The molecule has 9 rings (SSSR count). The van der Waals surface area contributed by atoms with Crippen LogP contribution in [0.1, 0.15) is 96.0 Å². The maximum Gasteiger partial charge on any atom is 0.407 e. The number of aromatic nitrogens is 5. The Morgan fingerprint density at radius 3 is 1.51 bits per heavy atom. The van der Waals surface area contributed by atoms with E-state index in [0.717, 1.165) is 82.0 Å². The first kappa shape index (κ1) is 48.4. The third-order valence-corrected chi connectivity index (χ3v) is 15.5. The van der Waals surface area contributed by atoms with Crippen LogP contribution in [0.2, 0.25) is 0 Å². The molecular formula is C53H59Cl2N9O6. The molecule has 2 aliphatic heterocycles. The van der Waals surface area contributed by atoms with E-state index in [9.17, 15) is 24.3 Å². The van der Waals surface area contributed by atoms with Gasteiger partial charge in [-0.15, -0.1) is 23.2 Å². The molecule has 4 amide bonds. The predicted octanol–water partition coefficient (Wildman–Crippen LogP) is 10.4. The minimum Gasteiger partial charge on any atom is -0.465 e. The number of alkyl halides is 2. The van der Waals surface area contributed by atoms with Crippen LogP contribution in [0.3, 0.4) is 0 Å². The average molecular weight is 989 g/mol. The quantitative estimate of drug-likeness (QED) is 0.0666. The fraction of sp³-hybridized carbons (Fsp3) is 0.396. The Morgan fingerprint density at radius 1 is 0.686 bits per heavy atom. The van der Waals surface area contributed by atoms with Crippen molar-refractivity contribution in [1.82, 2.24) is 44.9 Å². The first-order valence-corrected chi connectivity index (χ1v) is 24.7. The number of imidazole rings is 2. The Labute approximate surface area is 417 Å². The first-order chi connectivity index (χ1) is 33.5. The van der Waals surface area contributed by atoms with Gasteiger partial charge in [0.1, 0.15) is 28.1 Å². The number of methoxy groups -OCH3 is 1.